The highest BCUT2D eigenvalue weighted by Gasteiger charge is 2.53. The van der Waals surface area contributed by atoms with Crippen LogP contribution < -0.4 is 10.8 Å². The molecule has 0 unspecified atom stereocenters. The van der Waals surface area contributed by atoms with Gasteiger partial charge < -0.3 is 10.2 Å². The number of thioether (sulfide) groups is 1. The fourth-order valence-corrected chi connectivity index (χ4v) is 8.33. The molecule has 0 atom stereocenters. The summed E-state index contributed by atoms with van der Waals surface area (Å²) in [4.78, 5) is 32.5. The number of likely N-dealkylation sites (tertiary alicyclic amines) is 1. The smallest absolute Gasteiger partial charge is 0.280 e. The number of para-hydroxylation sites is 1. The van der Waals surface area contributed by atoms with Crippen molar-refractivity contribution in [3.8, 4) is 0 Å². The van der Waals surface area contributed by atoms with Gasteiger partial charge in [-0.2, -0.15) is 0 Å². The first-order valence-electron chi connectivity index (χ1n) is 12.1. The molecule has 2 aliphatic rings. The number of hydrogen-bond acceptors (Lipinski definition) is 9. The first kappa shape index (κ1) is 26.1. The summed E-state index contributed by atoms with van der Waals surface area (Å²) in [5.41, 5.74) is 2.41. The van der Waals surface area contributed by atoms with E-state index in [4.69, 9.17) is 0 Å². The number of hydroxylamine groups is 1. The predicted molar refractivity (Wildman–Crippen MR) is 143 cm³/mol. The van der Waals surface area contributed by atoms with Gasteiger partial charge in [-0.25, -0.2) is 18.9 Å². The molecule has 1 aliphatic carbocycles. The average molecular weight is 561 g/mol. The van der Waals surface area contributed by atoms with E-state index in [9.17, 15) is 23.2 Å². The summed E-state index contributed by atoms with van der Waals surface area (Å²) in [6, 6.07) is 14.5. The standard InChI is InChI=1S/C25H28N4O5S3/c30-22(23-27-20-3-1-2-4-21(20)36-23)26-13-16-35-18-7-9-19(10-8-18)37(33,34)25(24(31)28-32)11-14-29(15-12-25)17-5-6-17/h1-4,7-10,17,32H,5-6,11-16H2,(H,26,30)(H,28,31). The third-order valence-corrected chi connectivity index (χ3v) is 11.5. The van der Waals surface area contributed by atoms with Crippen molar-refractivity contribution in [2.45, 2.75) is 46.3 Å². The van der Waals surface area contributed by atoms with E-state index in [-0.39, 0.29) is 23.6 Å². The molecule has 1 aromatic heterocycles. The Labute approximate surface area is 223 Å². The Kier molecular flexibility index (Phi) is 7.55. The second-order valence-corrected chi connectivity index (χ2v) is 13.7. The molecule has 2 heterocycles. The normalized spacial score (nSPS) is 18.0. The van der Waals surface area contributed by atoms with Gasteiger partial charge in [0.15, 0.2) is 19.6 Å². The van der Waals surface area contributed by atoms with Crippen LogP contribution in [0.15, 0.2) is 58.3 Å². The molecule has 12 heteroatoms. The monoisotopic (exact) mass is 560 g/mol. The minimum Gasteiger partial charge on any atom is -0.349 e. The second-order valence-electron chi connectivity index (χ2n) is 9.27. The number of carbonyl (C=O) groups excluding carboxylic acids is 2. The predicted octanol–water partition coefficient (Wildman–Crippen LogP) is 3.09. The number of thiazole rings is 1. The molecule has 1 aliphatic heterocycles. The van der Waals surface area contributed by atoms with Gasteiger partial charge in [-0.15, -0.1) is 23.1 Å². The van der Waals surface area contributed by atoms with Crippen LogP contribution in [0.5, 0.6) is 0 Å². The van der Waals surface area contributed by atoms with Gasteiger partial charge in [0, 0.05) is 36.3 Å². The number of amides is 2. The quantitative estimate of drug-likeness (QED) is 0.158. The van der Waals surface area contributed by atoms with E-state index in [2.05, 4.69) is 15.2 Å². The Morgan fingerprint density at radius 1 is 1.11 bits per heavy atom. The highest BCUT2D eigenvalue weighted by atomic mass is 32.2. The maximum absolute atomic E-state index is 13.6. The zero-order valence-electron chi connectivity index (χ0n) is 20.1. The number of benzene rings is 2. The van der Waals surface area contributed by atoms with E-state index in [1.807, 2.05) is 24.3 Å². The third kappa shape index (κ3) is 5.26. The van der Waals surface area contributed by atoms with Crippen LogP contribution in [0.1, 0.15) is 35.5 Å². The van der Waals surface area contributed by atoms with Gasteiger partial charge in [0.1, 0.15) is 0 Å². The maximum Gasteiger partial charge on any atom is 0.280 e. The third-order valence-electron chi connectivity index (χ3n) is 6.98. The molecule has 1 saturated heterocycles. The van der Waals surface area contributed by atoms with Crippen LogP contribution in [0.4, 0.5) is 0 Å². The lowest BCUT2D eigenvalue weighted by Crippen LogP contribution is -2.58. The van der Waals surface area contributed by atoms with Gasteiger partial charge in [-0.05, 0) is 62.1 Å². The zero-order valence-corrected chi connectivity index (χ0v) is 22.5. The van der Waals surface area contributed by atoms with Crippen molar-refractivity contribution in [3.63, 3.8) is 0 Å². The fraction of sp³-hybridized carbons (Fsp3) is 0.400. The van der Waals surface area contributed by atoms with Crippen LogP contribution in [-0.2, 0) is 14.6 Å². The Balaban J connectivity index is 1.18. The molecule has 37 heavy (non-hydrogen) atoms. The maximum atomic E-state index is 13.6. The van der Waals surface area contributed by atoms with Crippen molar-refractivity contribution >= 4 is 55.0 Å². The zero-order chi connectivity index (χ0) is 26.0. The molecule has 0 bridgehead atoms. The lowest BCUT2D eigenvalue weighted by molar-refractivity contribution is -0.133. The molecule has 3 aromatic rings. The molecule has 196 valence electrons. The van der Waals surface area contributed by atoms with Gasteiger partial charge in [0.25, 0.3) is 11.8 Å². The van der Waals surface area contributed by atoms with Crippen molar-refractivity contribution in [1.29, 1.82) is 0 Å². The SMILES string of the molecule is O=C(NCCSc1ccc(S(=O)(=O)C2(C(=O)NO)CCN(C3CC3)CC2)cc1)c1nc2ccccc2s1. The average Bonchev–Trinajstić information content (AvgIpc) is 3.68. The molecule has 0 radical (unpaired) electrons. The number of rotatable bonds is 9. The summed E-state index contributed by atoms with van der Waals surface area (Å²) in [6.07, 6.45) is 2.50. The van der Waals surface area contributed by atoms with E-state index in [1.165, 1.54) is 35.2 Å². The highest BCUT2D eigenvalue weighted by molar-refractivity contribution is 7.99. The van der Waals surface area contributed by atoms with Crippen molar-refractivity contribution < 1.29 is 23.2 Å². The molecule has 3 N–H and O–H groups in total. The van der Waals surface area contributed by atoms with E-state index in [0.29, 0.717) is 36.4 Å². The summed E-state index contributed by atoms with van der Waals surface area (Å²) in [5.74, 6) is -0.495. The Morgan fingerprint density at radius 2 is 1.81 bits per heavy atom. The van der Waals surface area contributed by atoms with Gasteiger partial charge >= 0.3 is 0 Å². The Bertz CT molecular complexity index is 1360. The first-order chi connectivity index (χ1) is 17.8. The Morgan fingerprint density at radius 3 is 2.46 bits per heavy atom. The molecule has 9 nitrogen and oxygen atoms in total. The molecular weight excluding hydrogens is 532 g/mol. The van der Waals surface area contributed by atoms with E-state index in [1.54, 1.807) is 17.6 Å². The molecule has 5 rings (SSSR count). The summed E-state index contributed by atoms with van der Waals surface area (Å²) in [7, 11) is -4.03. The fourth-order valence-electron chi connectivity index (χ4n) is 4.73. The molecule has 2 amide bonds. The number of fused-ring (bicyclic) bond motifs is 1. The molecule has 2 fully saturated rings. The van der Waals surface area contributed by atoms with Crippen molar-refractivity contribution in [2.24, 2.45) is 0 Å². The van der Waals surface area contributed by atoms with Gasteiger partial charge in [-0.1, -0.05) is 12.1 Å². The number of hydrogen-bond donors (Lipinski definition) is 3. The minimum atomic E-state index is -4.03. The topological polar surface area (TPSA) is 129 Å². The molecular formula is C25H28N4O5S3. The lowest BCUT2D eigenvalue weighted by atomic mass is 9.94. The molecule has 2 aromatic carbocycles. The largest absolute Gasteiger partial charge is 0.349 e. The first-order valence-corrected chi connectivity index (χ1v) is 15.4. The van der Waals surface area contributed by atoms with Crippen LogP contribution in [0.2, 0.25) is 0 Å². The van der Waals surface area contributed by atoms with Gasteiger partial charge in [0.2, 0.25) is 0 Å². The number of carbonyl (C=O) groups is 2. The van der Waals surface area contributed by atoms with Crippen LogP contribution in [0, 0.1) is 0 Å². The van der Waals surface area contributed by atoms with Crippen LogP contribution >= 0.6 is 23.1 Å². The van der Waals surface area contributed by atoms with Crippen molar-refractivity contribution in [3.05, 3.63) is 53.5 Å². The van der Waals surface area contributed by atoms with Crippen LogP contribution in [0.25, 0.3) is 10.2 Å². The summed E-state index contributed by atoms with van der Waals surface area (Å²) < 4.78 is 26.5. The number of piperidine rings is 1. The number of nitrogens with zero attached hydrogens (tertiary/aromatic N) is 2. The molecule has 0 spiro atoms. The number of nitrogens with one attached hydrogen (secondary N) is 2. The van der Waals surface area contributed by atoms with E-state index >= 15 is 0 Å². The van der Waals surface area contributed by atoms with E-state index < -0.39 is 20.5 Å². The molecule has 1 saturated carbocycles. The van der Waals surface area contributed by atoms with Gasteiger partial charge in [-0.3, -0.25) is 14.8 Å². The lowest BCUT2D eigenvalue weighted by Gasteiger charge is -2.39. The number of sulfone groups is 1. The Hall–Kier alpha value is -2.51. The minimum absolute atomic E-state index is 0.0597. The van der Waals surface area contributed by atoms with Gasteiger partial charge in [0.05, 0.1) is 15.1 Å². The van der Waals surface area contributed by atoms with Crippen LogP contribution in [-0.4, -0.2) is 71.5 Å². The van der Waals surface area contributed by atoms with Crippen molar-refractivity contribution in [2.75, 3.05) is 25.4 Å². The van der Waals surface area contributed by atoms with Crippen molar-refractivity contribution in [1.82, 2.24) is 20.7 Å². The summed E-state index contributed by atoms with van der Waals surface area (Å²) in [5, 5.41) is 12.6. The highest BCUT2D eigenvalue weighted by Crippen LogP contribution is 2.39. The summed E-state index contributed by atoms with van der Waals surface area (Å²) in [6.45, 7) is 1.44. The van der Waals surface area contributed by atoms with Crippen LogP contribution in [0.3, 0.4) is 0 Å². The second kappa shape index (κ2) is 10.7. The van der Waals surface area contributed by atoms with E-state index in [0.717, 1.165) is 28.0 Å². The number of aromatic nitrogens is 1. The summed E-state index contributed by atoms with van der Waals surface area (Å²) >= 11 is 2.83.